The van der Waals surface area contributed by atoms with E-state index in [4.69, 9.17) is 16.3 Å². The second kappa shape index (κ2) is 7.74. The lowest BCUT2D eigenvalue weighted by molar-refractivity contribution is -0.127. The summed E-state index contributed by atoms with van der Waals surface area (Å²) in [5.41, 5.74) is 4.96. The van der Waals surface area contributed by atoms with Crippen LogP contribution in [0, 0.1) is 6.92 Å². The third-order valence-electron chi connectivity index (χ3n) is 3.24. The summed E-state index contributed by atoms with van der Waals surface area (Å²) in [6.07, 6.45) is 2.67. The fourth-order valence-electron chi connectivity index (χ4n) is 1.88. The summed E-state index contributed by atoms with van der Waals surface area (Å²) >= 11 is 5.90. The van der Waals surface area contributed by atoms with Gasteiger partial charge in [0.2, 0.25) is 0 Å². The number of benzene rings is 1. The maximum atomic E-state index is 12.1. The number of amides is 1. The Labute approximate surface area is 140 Å². The number of pyridine rings is 1. The number of nitrogens with zero attached hydrogens (tertiary/aromatic N) is 2. The van der Waals surface area contributed by atoms with Gasteiger partial charge in [-0.15, -0.1) is 0 Å². The molecule has 0 radical (unpaired) electrons. The van der Waals surface area contributed by atoms with E-state index >= 15 is 0 Å². The molecule has 5 nitrogen and oxygen atoms in total. The van der Waals surface area contributed by atoms with Crippen LogP contribution in [0.4, 0.5) is 0 Å². The van der Waals surface area contributed by atoms with Gasteiger partial charge in [0.25, 0.3) is 5.91 Å². The monoisotopic (exact) mass is 331 g/mol. The number of hydrogen-bond donors (Lipinski definition) is 1. The van der Waals surface area contributed by atoms with Crippen molar-refractivity contribution < 1.29 is 9.53 Å². The van der Waals surface area contributed by atoms with Crippen LogP contribution in [-0.4, -0.2) is 22.7 Å². The number of carbonyl (C=O) groups excluding carboxylic acids is 1. The van der Waals surface area contributed by atoms with Crippen molar-refractivity contribution >= 4 is 23.2 Å². The predicted molar refractivity (Wildman–Crippen MR) is 90.9 cm³/mol. The molecule has 0 aliphatic heterocycles. The molecule has 0 aliphatic carbocycles. The number of aryl methyl sites for hydroxylation is 1. The molecule has 0 saturated heterocycles. The largest absolute Gasteiger partial charge is 0.481 e. The van der Waals surface area contributed by atoms with Gasteiger partial charge in [0, 0.05) is 23.0 Å². The fraction of sp³-hybridized carbons (Fsp3) is 0.235. The SMILES string of the molecule is C/C(=N\NC(=O)C(C)Oc1ccc(Cl)cc1C)c1ccncc1. The summed E-state index contributed by atoms with van der Waals surface area (Å²) in [4.78, 5) is 16.0. The van der Waals surface area contributed by atoms with E-state index in [2.05, 4.69) is 15.5 Å². The Bertz CT molecular complexity index is 717. The van der Waals surface area contributed by atoms with Crippen molar-refractivity contribution in [2.45, 2.75) is 26.9 Å². The molecule has 1 aromatic heterocycles. The fourth-order valence-corrected chi connectivity index (χ4v) is 2.10. The van der Waals surface area contributed by atoms with Gasteiger partial charge in [0.05, 0.1) is 5.71 Å². The summed E-state index contributed by atoms with van der Waals surface area (Å²) in [7, 11) is 0. The highest BCUT2D eigenvalue weighted by Gasteiger charge is 2.15. The van der Waals surface area contributed by atoms with Crippen LogP contribution in [0.5, 0.6) is 5.75 Å². The molecule has 0 bridgehead atoms. The Morgan fingerprint density at radius 1 is 1.30 bits per heavy atom. The van der Waals surface area contributed by atoms with E-state index in [0.29, 0.717) is 16.5 Å². The maximum Gasteiger partial charge on any atom is 0.280 e. The maximum absolute atomic E-state index is 12.1. The van der Waals surface area contributed by atoms with E-state index in [1.54, 1.807) is 37.5 Å². The Kier molecular flexibility index (Phi) is 5.71. The second-order valence-corrected chi connectivity index (χ2v) is 5.52. The number of nitrogens with one attached hydrogen (secondary N) is 1. The molecule has 1 N–H and O–H groups in total. The van der Waals surface area contributed by atoms with Gasteiger partial charge in [0.15, 0.2) is 6.10 Å². The number of rotatable bonds is 5. The first-order valence-corrected chi connectivity index (χ1v) is 7.52. The number of halogens is 1. The zero-order chi connectivity index (χ0) is 16.8. The molecule has 0 fully saturated rings. The van der Waals surface area contributed by atoms with Gasteiger partial charge in [0.1, 0.15) is 5.75 Å². The Morgan fingerprint density at radius 3 is 2.65 bits per heavy atom. The minimum Gasteiger partial charge on any atom is -0.481 e. The third kappa shape index (κ3) is 4.79. The molecule has 0 spiro atoms. The van der Waals surface area contributed by atoms with Crippen LogP contribution in [0.3, 0.4) is 0 Å². The van der Waals surface area contributed by atoms with Crippen molar-refractivity contribution in [1.29, 1.82) is 0 Å². The molecule has 6 heteroatoms. The molecule has 2 rings (SSSR count). The molecule has 1 aromatic carbocycles. The van der Waals surface area contributed by atoms with Crippen LogP contribution in [0.15, 0.2) is 47.8 Å². The van der Waals surface area contributed by atoms with Crippen molar-refractivity contribution in [3.63, 3.8) is 0 Å². The Morgan fingerprint density at radius 2 is 2.00 bits per heavy atom. The molecule has 1 unspecified atom stereocenters. The van der Waals surface area contributed by atoms with Crippen molar-refractivity contribution in [3.05, 3.63) is 58.9 Å². The van der Waals surface area contributed by atoms with Crippen molar-refractivity contribution in [1.82, 2.24) is 10.4 Å². The first kappa shape index (κ1) is 17.0. The van der Waals surface area contributed by atoms with Crippen LogP contribution in [0.2, 0.25) is 5.02 Å². The average Bonchev–Trinajstić information content (AvgIpc) is 2.55. The zero-order valence-corrected chi connectivity index (χ0v) is 14.0. The third-order valence-corrected chi connectivity index (χ3v) is 3.48. The number of hydrazone groups is 1. The number of ether oxygens (including phenoxy) is 1. The molecule has 0 aliphatic rings. The first-order valence-electron chi connectivity index (χ1n) is 7.14. The number of hydrogen-bond acceptors (Lipinski definition) is 4. The van der Waals surface area contributed by atoms with E-state index in [0.717, 1.165) is 11.1 Å². The van der Waals surface area contributed by atoms with Gasteiger partial charge in [-0.25, -0.2) is 5.43 Å². The summed E-state index contributed by atoms with van der Waals surface area (Å²) < 4.78 is 5.65. The molecule has 0 saturated carbocycles. The lowest BCUT2D eigenvalue weighted by Gasteiger charge is -2.15. The van der Waals surface area contributed by atoms with E-state index in [9.17, 15) is 4.79 Å². The molecule has 23 heavy (non-hydrogen) atoms. The number of aromatic nitrogens is 1. The molecule has 1 atom stereocenters. The van der Waals surface area contributed by atoms with E-state index in [1.807, 2.05) is 26.0 Å². The van der Waals surface area contributed by atoms with E-state index in [-0.39, 0.29) is 5.91 Å². The summed E-state index contributed by atoms with van der Waals surface area (Å²) in [5.74, 6) is 0.291. The lowest BCUT2D eigenvalue weighted by atomic mass is 10.2. The number of carbonyl (C=O) groups is 1. The molecule has 1 heterocycles. The topological polar surface area (TPSA) is 63.6 Å². The van der Waals surface area contributed by atoms with E-state index in [1.165, 1.54) is 0 Å². The quantitative estimate of drug-likeness (QED) is 0.675. The normalized spacial score (nSPS) is 12.6. The Hall–Kier alpha value is -2.40. The van der Waals surface area contributed by atoms with Gasteiger partial charge >= 0.3 is 0 Å². The zero-order valence-electron chi connectivity index (χ0n) is 13.2. The van der Waals surface area contributed by atoms with Crippen molar-refractivity contribution in [2.75, 3.05) is 0 Å². The predicted octanol–water partition coefficient (Wildman–Crippen LogP) is 3.35. The van der Waals surface area contributed by atoms with Gasteiger partial charge in [-0.3, -0.25) is 9.78 Å². The minimum absolute atomic E-state index is 0.326. The van der Waals surface area contributed by atoms with Crippen LogP contribution >= 0.6 is 11.6 Å². The van der Waals surface area contributed by atoms with E-state index < -0.39 is 6.10 Å². The van der Waals surface area contributed by atoms with Gasteiger partial charge in [-0.1, -0.05) is 11.6 Å². The second-order valence-electron chi connectivity index (χ2n) is 5.08. The highest BCUT2D eigenvalue weighted by atomic mass is 35.5. The minimum atomic E-state index is -0.677. The van der Waals surface area contributed by atoms with Crippen LogP contribution in [0.25, 0.3) is 0 Å². The lowest BCUT2D eigenvalue weighted by Crippen LogP contribution is -2.34. The standard InChI is InChI=1S/C17H18ClN3O2/c1-11-10-15(18)4-5-16(11)23-13(3)17(22)21-20-12(2)14-6-8-19-9-7-14/h4-10,13H,1-3H3,(H,21,22)/b20-12+. The molecule has 120 valence electrons. The van der Waals surface area contributed by atoms with Crippen molar-refractivity contribution in [2.24, 2.45) is 5.10 Å². The highest BCUT2D eigenvalue weighted by molar-refractivity contribution is 6.30. The highest BCUT2D eigenvalue weighted by Crippen LogP contribution is 2.22. The summed E-state index contributed by atoms with van der Waals surface area (Å²) in [5, 5.41) is 4.71. The van der Waals surface area contributed by atoms with Gasteiger partial charge < -0.3 is 4.74 Å². The first-order chi connectivity index (χ1) is 11.0. The van der Waals surface area contributed by atoms with Crippen molar-refractivity contribution in [3.8, 4) is 5.75 Å². The molecular formula is C17H18ClN3O2. The van der Waals surface area contributed by atoms with Gasteiger partial charge in [-0.05, 0) is 56.7 Å². The molecular weight excluding hydrogens is 314 g/mol. The van der Waals surface area contributed by atoms with Crippen LogP contribution in [-0.2, 0) is 4.79 Å². The Balaban J connectivity index is 1.97. The van der Waals surface area contributed by atoms with Crippen LogP contribution < -0.4 is 10.2 Å². The summed E-state index contributed by atoms with van der Waals surface area (Å²) in [6, 6.07) is 8.89. The molecule has 1 amide bonds. The van der Waals surface area contributed by atoms with Crippen LogP contribution in [0.1, 0.15) is 25.0 Å². The van der Waals surface area contributed by atoms with Gasteiger partial charge in [-0.2, -0.15) is 5.10 Å². The summed E-state index contributed by atoms with van der Waals surface area (Å²) in [6.45, 7) is 5.35. The molecule has 2 aromatic rings. The smallest absolute Gasteiger partial charge is 0.280 e. The average molecular weight is 332 g/mol.